The average molecular weight is 497 g/mol. The molecule has 1 N–H and O–H groups in total. The van der Waals surface area contributed by atoms with E-state index in [1.807, 2.05) is 6.92 Å². The van der Waals surface area contributed by atoms with Gasteiger partial charge < -0.3 is 10.1 Å². The third-order valence-electron chi connectivity index (χ3n) is 5.39. The topological polar surface area (TPSA) is 92.8 Å². The second-order valence-electron chi connectivity index (χ2n) is 7.57. The van der Waals surface area contributed by atoms with Gasteiger partial charge in [-0.05, 0) is 43.7 Å². The predicted octanol–water partition coefficient (Wildman–Crippen LogP) is 5.18. The molecule has 1 aliphatic heterocycles. The van der Waals surface area contributed by atoms with Gasteiger partial charge in [0.25, 0.3) is 11.8 Å². The molecule has 7 nitrogen and oxygen atoms in total. The van der Waals surface area contributed by atoms with Crippen molar-refractivity contribution in [3.05, 3.63) is 75.1 Å². The molecule has 0 bridgehead atoms. The van der Waals surface area contributed by atoms with Crippen LogP contribution in [0.5, 0.6) is 0 Å². The summed E-state index contributed by atoms with van der Waals surface area (Å²) in [5.41, 5.74) is 2.36. The van der Waals surface area contributed by atoms with Crippen LogP contribution in [0.2, 0.25) is 5.02 Å². The number of hydrogen-bond acceptors (Lipinski definition) is 6. The zero-order valence-electron chi connectivity index (χ0n) is 18.5. The van der Waals surface area contributed by atoms with Crippen molar-refractivity contribution in [1.29, 1.82) is 0 Å². The minimum atomic E-state index is -0.549. The van der Waals surface area contributed by atoms with Crippen molar-refractivity contribution in [3.63, 3.8) is 0 Å². The molecule has 0 spiro atoms. The highest BCUT2D eigenvalue weighted by atomic mass is 35.5. The number of nitrogens with zero attached hydrogens (tertiary/aromatic N) is 1. The van der Waals surface area contributed by atoms with Crippen molar-refractivity contribution >= 4 is 51.6 Å². The number of imide groups is 1. The number of amides is 3. The maximum atomic E-state index is 12.8. The van der Waals surface area contributed by atoms with Crippen LogP contribution in [-0.4, -0.2) is 41.7 Å². The molecule has 0 atom stereocenters. The fourth-order valence-corrected chi connectivity index (χ4v) is 5.05. The summed E-state index contributed by atoms with van der Waals surface area (Å²) in [6, 6.07) is 13.6. The zero-order chi connectivity index (χ0) is 24.4. The van der Waals surface area contributed by atoms with Crippen molar-refractivity contribution in [2.75, 3.05) is 18.5 Å². The van der Waals surface area contributed by atoms with Gasteiger partial charge in [-0.25, -0.2) is 4.79 Å². The zero-order valence-corrected chi connectivity index (χ0v) is 20.1. The number of carbonyl (C=O) groups excluding carboxylic acids is 4. The van der Waals surface area contributed by atoms with Crippen LogP contribution in [0, 0.1) is 6.92 Å². The summed E-state index contributed by atoms with van der Waals surface area (Å²) in [4.78, 5) is 52.5. The summed E-state index contributed by atoms with van der Waals surface area (Å²) in [5, 5.41) is 3.69. The number of aryl methyl sites for hydroxylation is 1. The highest BCUT2D eigenvalue weighted by Gasteiger charge is 2.35. The van der Waals surface area contributed by atoms with Crippen molar-refractivity contribution < 1.29 is 23.9 Å². The highest BCUT2D eigenvalue weighted by Crippen LogP contribution is 2.40. The first kappa shape index (κ1) is 23.7. The number of carbonyl (C=O) groups is 4. The molecule has 0 saturated carbocycles. The number of rotatable bonds is 7. The molecule has 0 unspecified atom stereocenters. The van der Waals surface area contributed by atoms with Crippen LogP contribution in [-0.2, 0) is 9.53 Å². The van der Waals surface area contributed by atoms with Crippen LogP contribution in [0.4, 0.5) is 5.00 Å². The number of esters is 1. The van der Waals surface area contributed by atoms with Gasteiger partial charge >= 0.3 is 5.97 Å². The summed E-state index contributed by atoms with van der Waals surface area (Å²) >= 11 is 7.26. The third-order valence-corrected chi connectivity index (χ3v) is 6.66. The molecule has 3 amide bonds. The Morgan fingerprint density at radius 2 is 1.65 bits per heavy atom. The minimum Gasteiger partial charge on any atom is -0.462 e. The van der Waals surface area contributed by atoms with E-state index in [0.29, 0.717) is 26.7 Å². The third kappa shape index (κ3) is 4.47. The van der Waals surface area contributed by atoms with E-state index in [1.165, 1.54) is 11.3 Å². The molecule has 2 aromatic carbocycles. The SMILES string of the molecule is CCOC(=O)c1c(NC(=O)CCN2C(=O)c3ccccc3C2=O)sc(C)c1-c1ccc(Cl)cc1. The van der Waals surface area contributed by atoms with Gasteiger partial charge in [-0.3, -0.25) is 19.3 Å². The van der Waals surface area contributed by atoms with Crippen molar-refractivity contribution in [2.45, 2.75) is 20.3 Å². The minimum absolute atomic E-state index is 0.0681. The van der Waals surface area contributed by atoms with E-state index in [9.17, 15) is 19.2 Å². The van der Waals surface area contributed by atoms with Crippen molar-refractivity contribution in [1.82, 2.24) is 4.90 Å². The van der Waals surface area contributed by atoms with Gasteiger partial charge in [0.05, 0.1) is 17.7 Å². The Labute approximate surface area is 205 Å². The van der Waals surface area contributed by atoms with E-state index < -0.39 is 23.7 Å². The lowest BCUT2D eigenvalue weighted by molar-refractivity contribution is -0.116. The van der Waals surface area contributed by atoms with Crippen LogP contribution < -0.4 is 5.32 Å². The van der Waals surface area contributed by atoms with Gasteiger partial charge in [-0.2, -0.15) is 0 Å². The Kier molecular flexibility index (Phi) is 6.81. The van der Waals surface area contributed by atoms with Crippen LogP contribution in [0.15, 0.2) is 48.5 Å². The molecule has 0 saturated heterocycles. The van der Waals surface area contributed by atoms with E-state index in [4.69, 9.17) is 16.3 Å². The average Bonchev–Trinajstić information content (AvgIpc) is 3.26. The maximum Gasteiger partial charge on any atom is 0.341 e. The van der Waals surface area contributed by atoms with E-state index in [0.717, 1.165) is 15.3 Å². The highest BCUT2D eigenvalue weighted by molar-refractivity contribution is 7.17. The maximum absolute atomic E-state index is 12.8. The van der Waals surface area contributed by atoms with E-state index >= 15 is 0 Å². The Morgan fingerprint density at radius 1 is 1.03 bits per heavy atom. The number of thiophene rings is 1. The normalized spacial score (nSPS) is 12.6. The Hall–Kier alpha value is -3.49. The van der Waals surface area contributed by atoms with Gasteiger partial charge in [-0.15, -0.1) is 11.3 Å². The van der Waals surface area contributed by atoms with Crippen molar-refractivity contribution in [2.24, 2.45) is 0 Å². The molecule has 4 rings (SSSR count). The standard InChI is InChI=1S/C25H21ClN2O5S/c1-3-33-25(32)21-20(15-8-10-16(26)11-9-15)14(2)34-22(21)27-19(29)12-13-28-23(30)17-6-4-5-7-18(17)24(28)31/h4-11H,3,12-13H2,1-2H3,(H,27,29). The van der Waals surface area contributed by atoms with E-state index in [1.54, 1.807) is 55.5 Å². The number of fused-ring (bicyclic) bond motifs is 1. The Balaban J connectivity index is 1.54. The number of ether oxygens (including phenoxy) is 1. The van der Waals surface area contributed by atoms with Gasteiger partial charge in [-0.1, -0.05) is 35.9 Å². The van der Waals surface area contributed by atoms with Crippen LogP contribution in [0.1, 0.15) is 49.3 Å². The molecule has 3 aromatic rings. The van der Waals surface area contributed by atoms with E-state index in [-0.39, 0.29) is 25.1 Å². The summed E-state index contributed by atoms with van der Waals surface area (Å²) in [6.45, 7) is 3.67. The molecule has 174 valence electrons. The fraction of sp³-hybridized carbons (Fsp3) is 0.200. The number of hydrogen-bond donors (Lipinski definition) is 1. The molecule has 0 fully saturated rings. The van der Waals surface area contributed by atoms with Crippen LogP contribution in [0.3, 0.4) is 0 Å². The second-order valence-corrected chi connectivity index (χ2v) is 9.23. The van der Waals surface area contributed by atoms with Gasteiger partial charge in [0, 0.05) is 28.4 Å². The summed E-state index contributed by atoms with van der Waals surface area (Å²) in [7, 11) is 0. The number of nitrogens with one attached hydrogen (secondary N) is 1. The van der Waals surface area contributed by atoms with Gasteiger partial charge in [0.1, 0.15) is 10.6 Å². The number of benzene rings is 2. The van der Waals surface area contributed by atoms with Crippen LogP contribution >= 0.6 is 22.9 Å². The Morgan fingerprint density at radius 3 is 2.24 bits per heavy atom. The first-order chi connectivity index (χ1) is 16.3. The molecule has 2 heterocycles. The number of halogens is 1. The molecule has 0 aliphatic carbocycles. The lowest BCUT2D eigenvalue weighted by Crippen LogP contribution is -2.32. The first-order valence-corrected chi connectivity index (χ1v) is 11.8. The van der Waals surface area contributed by atoms with Crippen molar-refractivity contribution in [3.8, 4) is 11.1 Å². The molecular formula is C25H21ClN2O5S. The fourth-order valence-electron chi connectivity index (χ4n) is 3.84. The lowest BCUT2D eigenvalue weighted by Gasteiger charge is -2.13. The quantitative estimate of drug-likeness (QED) is 0.359. The lowest BCUT2D eigenvalue weighted by atomic mass is 10.0. The largest absolute Gasteiger partial charge is 0.462 e. The molecule has 0 radical (unpaired) electrons. The summed E-state index contributed by atoms with van der Waals surface area (Å²) in [6.07, 6.45) is -0.110. The number of anilines is 1. The first-order valence-electron chi connectivity index (χ1n) is 10.6. The molecule has 1 aromatic heterocycles. The Bertz CT molecular complexity index is 1260. The molecule has 34 heavy (non-hydrogen) atoms. The van der Waals surface area contributed by atoms with Gasteiger partial charge in [0.15, 0.2) is 0 Å². The molecule has 1 aliphatic rings. The second kappa shape index (κ2) is 9.79. The van der Waals surface area contributed by atoms with Crippen LogP contribution in [0.25, 0.3) is 11.1 Å². The van der Waals surface area contributed by atoms with Gasteiger partial charge in [0.2, 0.25) is 5.91 Å². The van der Waals surface area contributed by atoms with E-state index in [2.05, 4.69) is 5.32 Å². The predicted molar refractivity (Wildman–Crippen MR) is 131 cm³/mol. The molecular weight excluding hydrogens is 476 g/mol. The smallest absolute Gasteiger partial charge is 0.341 e. The summed E-state index contributed by atoms with van der Waals surface area (Å²) < 4.78 is 5.25. The monoisotopic (exact) mass is 496 g/mol. The molecule has 9 heteroatoms. The summed E-state index contributed by atoms with van der Waals surface area (Å²) in [5.74, 6) is -1.81.